The van der Waals surface area contributed by atoms with E-state index in [2.05, 4.69) is 0 Å². The second kappa shape index (κ2) is 12.0. The van der Waals surface area contributed by atoms with Crippen molar-refractivity contribution in [2.24, 2.45) is 45.3 Å². The van der Waals surface area contributed by atoms with Gasteiger partial charge in [-0.15, -0.1) is 0 Å². The maximum atomic E-state index is 14.2. The molecule has 14 atom stereocenters. The Bertz CT molecular complexity index is 1560. The van der Waals surface area contributed by atoms with E-state index in [1.807, 2.05) is 53.7 Å². The highest BCUT2D eigenvalue weighted by Crippen LogP contribution is 2.82. The number of aliphatic hydroxyl groups excluding tert-OH is 2. The zero-order valence-electron chi connectivity index (χ0n) is 30.9. The molecule has 50 heavy (non-hydrogen) atoms. The minimum atomic E-state index is -1.38. The van der Waals surface area contributed by atoms with Crippen LogP contribution in [-0.4, -0.2) is 76.1 Å². The van der Waals surface area contributed by atoms with Gasteiger partial charge in [-0.25, -0.2) is 9.59 Å². The molecule has 4 aliphatic carbocycles. The fourth-order valence-electron chi connectivity index (χ4n) is 11.3. The van der Waals surface area contributed by atoms with Crippen LogP contribution in [0.3, 0.4) is 0 Å². The van der Waals surface area contributed by atoms with E-state index in [4.69, 9.17) is 23.4 Å². The number of hydrogen-bond acceptors (Lipinski definition) is 11. The van der Waals surface area contributed by atoms with Gasteiger partial charge in [0.2, 0.25) is 6.10 Å². The molecule has 3 saturated carbocycles. The number of carbonyl (C=O) groups excluding carboxylic acids is 4. The highest BCUT2D eigenvalue weighted by Gasteiger charge is 2.91. The molecular formula is C39H54O11. The Morgan fingerprint density at radius 3 is 2.28 bits per heavy atom. The minimum absolute atomic E-state index is 0.0774. The summed E-state index contributed by atoms with van der Waals surface area (Å²) in [7, 11) is 0. The summed E-state index contributed by atoms with van der Waals surface area (Å²) in [5.41, 5.74) is -4.15. The van der Waals surface area contributed by atoms with Crippen molar-refractivity contribution in [3.63, 3.8) is 0 Å². The van der Waals surface area contributed by atoms with Crippen LogP contribution in [-0.2, 0) is 38.1 Å². The van der Waals surface area contributed by atoms with Crippen molar-refractivity contribution in [2.45, 2.75) is 137 Å². The summed E-state index contributed by atoms with van der Waals surface area (Å²) in [4.78, 5) is 53.5. The largest absolute Gasteiger partial charge is 0.472 e. The molecule has 0 unspecified atom stereocenters. The average molecular weight is 699 g/mol. The first-order valence-electron chi connectivity index (χ1n) is 18.1. The van der Waals surface area contributed by atoms with Crippen molar-refractivity contribution in [1.82, 2.24) is 0 Å². The van der Waals surface area contributed by atoms with Gasteiger partial charge >= 0.3 is 17.9 Å². The lowest BCUT2D eigenvalue weighted by Crippen LogP contribution is -2.77. The van der Waals surface area contributed by atoms with Crippen LogP contribution in [0, 0.1) is 45.3 Å². The number of hydrogen-bond donors (Lipinski definition) is 2. The van der Waals surface area contributed by atoms with Crippen LogP contribution < -0.4 is 0 Å². The topological polar surface area (TPSA) is 162 Å². The van der Waals surface area contributed by atoms with E-state index in [1.54, 1.807) is 39.4 Å². The van der Waals surface area contributed by atoms with Crippen molar-refractivity contribution < 1.29 is 52.8 Å². The smallest absolute Gasteiger partial charge is 0.348 e. The number of aliphatic hydroxyl groups is 2. The van der Waals surface area contributed by atoms with E-state index in [1.165, 1.54) is 6.92 Å². The molecule has 5 aliphatic rings. The van der Waals surface area contributed by atoms with Gasteiger partial charge in [-0.3, -0.25) is 9.59 Å². The first-order valence-corrected chi connectivity index (χ1v) is 18.1. The molecule has 0 bridgehead atoms. The van der Waals surface area contributed by atoms with E-state index in [0.717, 1.165) is 5.56 Å². The van der Waals surface area contributed by atoms with Crippen molar-refractivity contribution in [1.29, 1.82) is 0 Å². The van der Waals surface area contributed by atoms with Gasteiger partial charge in [0.05, 0.1) is 24.7 Å². The zero-order chi connectivity index (χ0) is 36.9. The minimum Gasteiger partial charge on any atom is -0.472 e. The molecule has 11 heteroatoms. The van der Waals surface area contributed by atoms with Crippen LogP contribution >= 0.6 is 0 Å². The standard InChI is InChI=1S/C39H54O11/c1-11-20(4)30(47-21(5)40)34(45)49-32-29(43)31-36(8)14-12-25(41)35(6,7)24(36)17-26(48-33(44)28(42)19(2)3)38(31,10)39-27(50-39)16-23(37(32,39)9)22-13-15-46-18-22/h12-15,18-20,23-24,26-32,42-43H,11,16-17H2,1-10H3/t20-,23+,24-,26+,27+,28+,29+,30+,31+,32+,36-,37+,38+,39+/m0/s1. The summed E-state index contributed by atoms with van der Waals surface area (Å²) in [6.45, 7) is 18.1. The molecule has 0 amide bonds. The fraction of sp³-hybridized carbons (Fsp3) is 0.744. The lowest BCUT2D eigenvalue weighted by atomic mass is 9.35. The number of carbonyl (C=O) groups is 4. The number of fused-ring (bicyclic) bond motifs is 3. The predicted molar refractivity (Wildman–Crippen MR) is 179 cm³/mol. The molecule has 11 nitrogen and oxygen atoms in total. The van der Waals surface area contributed by atoms with Crippen molar-refractivity contribution >= 4 is 23.7 Å². The van der Waals surface area contributed by atoms with Crippen LogP contribution in [0.15, 0.2) is 35.2 Å². The van der Waals surface area contributed by atoms with E-state index in [9.17, 15) is 29.4 Å². The van der Waals surface area contributed by atoms with Crippen LogP contribution in [0.25, 0.3) is 0 Å². The van der Waals surface area contributed by atoms with Gasteiger partial charge in [-0.2, -0.15) is 0 Å². The Kier molecular flexibility index (Phi) is 8.84. The van der Waals surface area contributed by atoms with Crippen molar-refractivity contribution in [3.8, 4) is 0 Å². The zero-order valence-corrected chi connectivity index (χ0v) is 30.9. The van der Waals surface area contributed by atoms with Crippen molar-refractivity contribution in [2.75, 3.05) is 0 Å². The molecule has 0 radical (unpaired) electrons. The SMILES string of the molecule is CC[C@H](C)[C@@H](OC(C)=O)C(=O)O[C@@H]1[C@H](O)[C@@H]2[C@@]3(C)C=CC(=O)C(C)(C)[C@@H]3C[C@@H](OC(=O)[C@H](O)C(C)C)[C@@]2(C)[C@@]23O[C@@H]2C[C@H](c2ccoc2)[C@]13C. The van der Waals surface area contributed by atoms with Gasteiger partial charge in [-0.05, 0) is 54.2 Å². The van der Waals surface area contributed by atoms with Gasteiger partial charge in [0.25, 0.3) is 0 Å². The van der Waals surface area contributed by atoms with Crippen LogP contribution in [0.1, 0.15) is 100.0 Å². The van der Waals surface area contributed by atoms with E-state index in [-0.39, 0.29) is 30.1 Å². The van der Waals surface area contributed by atoms with Gasteiger partial charge in [-0.1, -0.05) is 68.4 Å². The molecule has 2 heterocycles. The Balaban J connectivity index is 1.56. The summed E-state index contributed by atoms with van der Waals surface area (Å²) in [6.07, 6.45) is 1.71. The average Bonchev–Trinajstić information content (AvgIpc) is 3.40. The number of ether oxygens (including phenoxy) is 4. The van der Waals surface area contributed by atoms with Gasteiger partial charge in [0, 0.05) is 40.9 Å². The summed E-state index contributed by atoms with van der Waals surface area (Å²) in [6, 6.07) is 1.86. The van der Waals surface area contributed by atoms with E-state index in [0.29, 0.717) is 12.8 Å². The van der Waals surface area contributed by atoms with E-state index < -0.39 is 93.4 Å². The lowest BCUT2D eigenvalue weighted by molar-refractivity contribution is -0.296. The molecule has 1 aliphatic heterocycles. The second-order valence-corrected chi connectivity index (χ2v) is 17.2. The number of rotatable bonds is 9. The van der Waals surface area contributed by atoms with Gasteiger partial charge < -0.3 is 33.6 Å². The molecule has 2 N–H and O–H groups in total. The molecule has 1 spiro atoms. The monoisotopic (exact) mass is 698 g/mol. The molecule has 276 valence electrons. The number of furan rings is 1. The number of ketones is 1. The van der Waals surface area contributed by atoms with Gasteiger partial charge in [0.15, 0.2) is 11.9 Å². The second-order valence-electron chi connectivity index (χ2n) is 17.2. The predicted octanol–water partition coefficient (Wildman–Crippen LogP) is 4.92. The Labute approximate surface area is 294 Å². The van der Waals surface area contributed by atoms with Crippen LogP contribution in [0.2, 0.25) is 0 Å². The first kappa shape index (κ1) is 36.8. The highest BCUT2D eigenvalue weighted by molar-refractivity contribution is 5.96. The number of epoxide rings is 1. The normalized spacial score (nSPS) is 42.7. The molecule has 1 aromatic heterocycles. The fourth-order valence-corrected chi connectivity index (χ4v) is 11.3. The summed E-state index contributed by atoms with van der Waals surface area (Å²) in [5.74, 6) is -4.45. The van der Waals surface area contributed by atoms with Crippen LogP contribution in [0.5, 0.6) is 0 Å². The van der Waals surface area contributed by atoms with Crippen molar-refractivity contribution in [3.05, 3.63) is 36.3 Å². The maximum Gasteiger partial charge on any atom is 0.348 e. The van der Waals surface area contributed by atoms with E-state index >= 15 is 0 Å². The Morgan fingerprint density at radius 1 is 1.02 bits per heavy atom. The summed E-state index contributed by atoms with van der Waals surface area (Å²) >= 11 is 0. The number of allylic oxidation sites excluding steroid dienone is 2. The molecular weight excluding hydrogens is 644 g/mol. The third-order valence-electron chi connectivity index (χ3n) is 14.0. The quantitative estimate of drug-likeness (QED) is 0.205. The maximum absolute atomic E-state index is 14.2. The molecule has 0 aromatic carbocycles. The Morgan fingerprint density at radius 2 is 1.70 bits per heavy atom. The first-order chi connectivity index (χ1) is 23.2. The highest BCUT2D eigenvalue weighted by atomic mass is 16.6. The third-order valence-corrected chi connectivity index (χ3v) is 14.0. The third kappa shape index (κ3) is 4.78. The molecule has 1 aromatic rings. The van der Waals surface area contributed by atoms with Crippen LogP contribution in [0.4, 0.5) is 0 Å². The molecule has 6 rings (SSSR count). The Hall–Kier alpha value is -3.02. The van der Waals surface area contributed by atoms with Gasteiger partial charge in [0.1, 0.15) is 17.8 Å². The lowest BCUT2D eigenvalue weighted by Gasteiger charge is -2.70. The summed E-state index contributed by atoms with van der Waals surface area (Å²) in [5, 5.41) is 23.9. The summed E-state index contributed by atoms with van der Waals surface area (Å²) < 4.78 is 30.8. The molecule has 4 fully saturated rings. The molecule has 1 saturated heterocycles. The number of esters is 3.